The second kappa shape index (κ2) is 2.93. The summed E-state index contributed by atoms with van der Waals surface area (Å²) in [6, 6.07) is 1.34. The number of aromatic amines is 1. The first kappa shape index (κ1) is 7.85. The Labute approximate surface area is 73.9 Å². The normalized spacial score (nSPS) is 10.3. The molecule has 0 bridgehead atoms. The third-order valence-corrected chi connectivity index (χ3v) is 1.56. The molecule has 0 unspecified atom stereocenters. The van der Waals surface area contributed by atoms with Crippen LogP contribution in [-0.2, 0) is 0 Å². The molecular formula is C8H7FN4. The summed E-state index contributed by atoms with van der Waals surface area (Å²) in [5.41, 5.74) is 0.573. The molecule has 0 amide bonds. The van der Waals surface area contributed by atoms with Gasteiger partial charge in [0.25, 0.3) is 0 Å². The Morgan fingerprint density at radius 3 is 2.85 bits per heavy atom. The first-order valence-electron chi connectivity index (χ1n) is 3.75. The fourth-order valence-corrected chi connectivity index (χ4v) is 1.01. The van der Waals surface area contributed by atoms with E-state index in [4.69, 9.17) is 0 Å². The van der Waals surface area contributed by atoms with E-state index in [-0.39, 0.29) is 5.82 Å². The maximum absolute atomic E-state index is 12.7. The molecule has 4 nitrogen and oxygen atoms in total. The summed E-state index contributed by atoms with van der Waals surface area (Å²) in [6.45, 7) is 1.78. The first-order valence-corrected chi connectivity index (χ1v) is 3.75. The van der Waals surface area contributed by atoms with E-state index in [0.717, 1.165) is 6.20 Å². The predicted molar refractivity (Wildman–Crippen MR) is 44.3 cm³/mol. The van der Waals surface area contributed by atoms with Gasteiger partial charge in [0.2, 0.25) is 0 Å². The quantitative estimate of drug-likeness (QED) is 0.716. The molecule has 13 heavy (non-hydrogen) atoms. The van der Waals surface area contributed by atoms with Crippen LogP contribution in [-0.4, -0.2) is 20.2 Å². The molecule has 2 rings (SSSR count). The van der Waals surface area contributed by atoms with Crippen molar-refractivity contribution in [1.29, 1.82) is 0 Å². The minimum Gasteiger partial charge on any atom is -0.263 e. The molecule has 2 aromatic rings. The zero-order chi connectivity index (χ0) is 9.26. The number of rotatable bonds is 1. The Morgan fingerprint density at radius 1 is 1.38 bits per heavy atom. The maximum atomic E-state index is 12.7. The summed E-state index contributed by atoms with van der Waals surface area (Å²) in [7, 11) is 0. The molecule has 1 N–H and O–H groups in total. The lowest BCUT2D eigenvalue weighted by Crippen LogP contribution is -1.84. The van der Waals surface area contributed by atoms with Crippen LogP contribution in [0.4, 0.5) is 4.39 Å². The van der Waals surface area contributed by atoms with Gasteiger partial charge in [-0.1, -0.05) is 0 Å². The highest BCUT2D eigenvalue weighted by molar-refractivity contribution is 5.52. The molecule has 0 saturated carbocycles. The average Bonchev–Trinajstić information content (AvgIpc) is 2.52. The standard InChI is InChI=1S/C8H7FN4/c1-5-11-8(13-12-5)6-2-7(9)4-10-3-6/h2-4H,1H3,(H,11,12,13). The zero-order valence-electron chi connectivity index (χ0n) is 6.95. The van der Waals surface area contributed by atoms with Gasteiger partial charge >= 0.3 is 0 Å². The van der Waals surface area contributed by atoms with Crippen LogP contribution < -0.4 is 0 Å². The van der Waals surface area contributed by atoms with Crippen LogP contribution in [0.15, 0.2) is 18.5 Å². The van der Waals surface area contributed by atoms with Gasteiger partial charge in [-0.2, -0.15) is 5.10 Å². The van der Waals surface area contributed by atoms with Gasteiger partial charge in [-0.25, -0.2) is 9.37 Å². The van der Waals surface area contributed by atoms with Gasteiger partial charge < -0.3 is 0 Å². The van der Waals surface area contributed by atoms with Crippen molar-refractivity contribution in [2.45, 2.75) is 6.92 Å². The van der Waals surface area contributed by atoms with Gasteiger partial charge in [-0.05, 0) is 13.0 Å². The fraction of sp³-hybridized carbons (Fsp3) is 0.125. The third kappa shape index (κ3) is 1.53. The van der Waals surface area contributed by atoms with Crippen molar-refractivity contribution in [3.8, 4) is 11.4 Å². The second-order valence-corrected chi connectivity index (χ2v) is 2.64. The highest BCUT2D eigenvalue weighted by atomic mass is 19.1. The van der Waals surface area contributed by atoms with Gasteiger partial charge in [0, 0.05) is 11.8 Å². The Bertz CT molecular complexity index is 424. The Balaban J connectivity index is 2.46. The van der Waals surface area contributed by atoms with Crippen molar-refractivity contribution in [1.82, 2.24) is 20.2 Å². The summed E-state index contributed by atoms with van der Waals surface area (Å²) >= 11 is 0. The van der Waals surface area contributed by atoms with E-state index >= 15 is 0 Å². The van der Waals surface area contributed by atoms with Gasteiger partial charge in [0.05, 0.1) is 6.20 Å². The predicted octanol–water partition coefficient (Wildman–Crippen LogP) is 1.31. The van der Waals surface area contributed by atoms with E-state index in [1.807, 2.05) is 0 Å². The lowest BCUT2D eigenvalue weighted by molar-refractivity contribution is 0.622. The number of hydrogen-bond acceptors (Lipinski definition) is 3. The van der Waals surface area contributed by atoms with Crippen molar-refractivity contribution in [3.63, 3.8) is 0 Å². The number of aryl methyl sites for hydroxylation is 1. The SMILES string of the molecule is Cc1nc(-c2cncc(F)c2)n[nH]1. The topological polar surface area (TPSA) is 54.5 Å². The van der Waals surface area contributed by atoms with Crippen LogP contribution in [0.2, 0.25) is 0 Å². The Kier molecular flexibility index (Phi) is 1.77. The molecular weight excluding hydrogens is 171 g/mol. The maximum Gasteiger partial charge on any atom is 0.182 e. The molecule has 0 fully saturated rings. The van der Waals surface area contributed by atoms with Crippen molar-refractivity contribution in [2.75, 3.05) is 0 Å². The van der Waals surface area contributed by atoms with Crippen LogP contribution in [0.5, 0.6) is 0 Å². The molecule has 66 valence electrons. The molecule has 0 aromatic carbocycles. The van der Waals surface area contributed by atoms with Gasteiger partial charge in [0.15, 0.2) is 5.82 Å². The lowest BCUT2D eigenvalue weighted by Gasteiger charge is -1.92. The van der Waals surface area contributed by atoms with Crippen molar-refractivity contribution < 1.29 is 4.39 Å². The summed E-state index contributed by atoms with van der Waals surface area (Å²) in [5.74, 6) is 0.767. The lowest BCUT2D eigenvalue weighted by atomic mass is 10.3. The van der Waals surface area contributed by atoms with Gasteiger partial charge in [0.1, 0.15) is 11.6 Å². The smallest absolute Gasteiger partial charge is 0.182 e. The van der Waals surface area contributed by atoms with E-state index in [2.05, 4.69) is 20.2 Å². The van der Waals surface area contributed by atoms with E-state index in [0.29, 0.717) is 17.2 Å². The Morgan fingerprint density at radius 2 is 2.23 bits per heavy atom. The number of halogens is 1. The van der Waals surface area contributed by atoms with Crippen LogP contribution in [0, 0.1) is 12.7 Å². The molecule has 2 heterocycles. The van der Waals surface area contributed by atoms with E-state index in [1.54, 1.807) is 6.92 Å². The number of nitrogens with zero attached hydrogens (tertiary/aromatic N) is 3. The monoisotopic (exact) mass is 178 g/mol. The molecule has 0 atom stereocenters. The van der Waals surface area contributed by atoms with Crippen molar-refractivity contribution in [2.24, 2.45) is 0 Å². The van der Waals surface area contributed by atoms with Gasteiger partial charge in [-0.15, -0.1) is 0 Å². The zero-order valence-corrected chi connectivity index (χ0v) is 6.95. The molecule has 0 aliphatic carbocycles. The number of hydrogen-bond donors (Lipinski definition) is 1. The van der Waals surface area contributed by atoms with Crippen LogP contribution in [0.3, 0.4) is 0 Å². The Hall–Kier alpha value is -1.78. The van der Waals surface area contributed by atoms with Crippen LogP contribution in [0.1, 0.15) is 5.82 Å². The van der Waals surface area contributed by atoms with Crippen LogP contribution in [0.25, 0.3) is 11.4 Å². The highest BCUT2D eigenvalue weighted by Gasteiger charge is 2.04. The largest absolute Gasteiger partial charge is 0.263 e. The molecule has 0 aliphatic heterocycles. The molecule has 2 aromatic heterocycles. The average molecular weight is 178 g/mol. The van der Waals surface area contributed by atoms with Gasteiger partial charge in [-0.3, -0.25) is 10.1 Å². The second-order valence-electron chi connectivity index (χ2n) is 2.64. The van der Waals surface area contributed by atoms with E-state index in [1.165, 1.54) is 12.3 Å². The fourth-order valence-electron chi connectivity index (χ4n) is 1.01. The van der Waals surface area contributed by atoms with Crippen LogP contribution >= 0.6 is 0 Å². The summed E-state index contributed by atoms with van der Waals surface area (Å²) in [5, 5.41) is 6.56. The van der Waals surface area contributed by atoms with Crippen molar-refractivity contribution in [3.05, 3.63) is 30.1 Å². The summed E-state index contributed by atoms with van der Waals surface area (Å²) in [4.78, 5) is 7.75. The number of aromatic nitrogens is 4. The number of nitrogens with one attached hydrogen (secondary N) is 1. The minimum absolute atomic E-state index is 0.389. The highest BCUT2D eigenvalue weighted by Crippen LogP contribution is 2.13. The minimum atomic E-state index is -0.389. The third-order valence-electron chi connectivity index (χ3n) is 1.56. The van der Waals surface area contributed by atoms with Crippen molar-refractivity contribution >= 4 is 0 Å². The molecule has 0 radical (unpaired) electrons. The molecule has 0 aliphatic rings. The molecule has 0 spiro atoms. The molecule has 0 saturated heterocycles. The summed E-state index contributed by atoms with van der Waals surface area (Å²) in [6.07, 6.45) is 2.66. The first-order chi connectivity index (χ1) is 6.25. The van der Waals surface area contributed by atoms with E-state index in [9.17, 15) is 4.39 Å². The molecule has 5 heteroatoms. The van der Waals surface area contributed by atoms with E-state index < -0.39 is 0 Å². The summed E-state index contributed by atoms with van der Waals surface area (Å²) < 4.78 is 12.7. The number of pyridine rings is 1. The number of H-pyrrole nitrogens is 1.